The van der Waals surface area contributed by atoms with Crippen molar-refractivity contribution >= 4 is 44.3 Å². The SMILES string of the molecule is Cc1sc2nc(SCc3cc(=O)oc4c(C)c(O)ccc34)n(C)c(=O)c2c1C. The minimum atomic E-state index is -0.474. The number of phenols is 1. The van der Waals surface area contributed by atoms with E-state index in [1.165, 1.54) is 29.2 Å². The fraction of sp³-hybridized carbons (Fsp3) is 0.250. The molecule has 0 saturated heterocycles. The monoisotopic (exact) mass is 414 g/mol. The largest absolute Gasteiger partial charge is 0.508 e. The fourth-order valence-corrected chi connectivity index (χ4v) is 5.20. The van der Waals surface area contributed by atoms with Crippen molar-refractivity contribution in [1.29, 1.82) is 0 Å². The summed E-state index contributed by atoms with van der Waals surface area (Å²) < 4.78 is 6.84. The van der Waals surface area contributed by atoms with Crippen LogP contribution >= 0.6 is 23.1 Å². The Bertz CT molecular complexity index is 1370. The number of thioether (sulfide) groups is 1. The van der Waals surface area contributed by atoms with Gasteiger partial charge in [0.05, 0.1) is 5.39 Å². The Morgan fingerprint density at radius 2 is 1.96 bits per heavy atom. The molecule has 0 fully saturated rings. The minimum Gasteiger partial charge on any atom is -0.508 e. The molecule has 6 nitrogen and oxygen atoms in total. The summed E-state index contributed by atoms with van der Waals surface area (Å²) in [6.45, 7) is 5.64. The molecule has 28 heavy (non-hydrogen) atoms. The van der Waals surface area contributed by atoms with Crippen LogP contribution in [0.2, 0.25) is 0 Å². The quantitative estimate of drug-likeness (QED) is 0.310. The first-order valence-electron chi connectivity index (χ1n) is 8.62. The molecule has 0 spiro atoms. The summed E-state index contributed by atoms with van der Waals surface area (Å²) in [4.78, 5) is 31.2. The molecule has 0 unspecified atom stereocenters. The third kappa shape index (κ3) is 2.93. The summed E-state index contributed by atoms with van der Waals surface area (Å²) in [5.41, 5.74) is 2.12. The Labute approximate surface area is 168 Å². The molecule has 3 heterocycles. The van der Waals surface area contributed by atoms with Crippen LogP contribution in [-0.4, -0.2) is 14.7 Å². The van der Waals surface area contributed by atoms with E-state index in [1.807, 2.05) is 13.8 Å². The van der Waals surface area contributed by atoms with Crippen molar-refractivity contribution in [3.8, 4) is 5.75 Å². The van der Waals surface area contributed by atoms with Gasteiger partial charge in [0.25, 0.3) is 5.56 Å². The number of aryl methyl sites for hydroxylation is 3. The molecular weight excluding hydrogens is 396 g/mol. The molecule has 0 amide bonds. The van der Waals surface area contributed by atoms with Crippen LogP contribution in [0.25, 0.3) is 21.2 Å². The van der Waals surface area contributed by atoms with Crippen LogP contribution in [0.5, 0.6) is 5.75 Å². The third-order valence-corrected chi connectivity index (χ3v) is 7.12. The number of benzene rings is 1. The van der Waals surface area contributed by atoms with Crippen LogP contribution in [0.4, 0.5) is 0 Å². The maximum absolute atomic E-state index is 12.8. The average Bonchev–Trinajstić information content (AvgIpc) is 2.94. The first-order chi connectivity index (χ1) is 13.3. The number of rotatable bonds is 3. The zero-order chi connectivity index (χ0) is 20.2. The summed E-state index contributed by atoms with van der Waals surface area (Å²) in [5.74, 6) is 0.528. The van der Waals surface area contributed by atoms with Crippen LogP contribution in [0.15, 0.2) is 37.4 Å². The predicted molar refractivity (Wildman–Crippen MR) is 113 cm³/mol. The molecule has 0 saturated carbocycles. The summed E-state index contributed by atoms with van der Waals surface area (Å²) in [6.07, 6.45) is 0. The highest BCUT2D eigenvalue weighted by Crippen LogP contribution is 2.32. The van der Waals surface area contributed by atoms with Gasteiger partial charge in [-0.15, -0.1) is 11.3 Å². The molecule has 1 aromatic carbocycles. The van der Waals surface area contributed by atoms with E-state index in [2.05, 4.69) is 4.98 Å². The number of phenolic OH excluding ortho intramolecular Hbond substituents is 1. The van der Waals surface area contributed by atoms with Crippen molar-refractivity contribution in [3.63, 3.8) is 0 Å². The molecular formula is C20H18N2O4S2. The van der Waals surface area contributed by atoms with Gasteiger partial charge in [-0.25, -0.2) is 9.78 Å². The first kappa shape index (κ1) is 18.8. The number of aromatic hydroxyl groups is 1. The molecule has 4 aromatic rings. The maximum atomic E-state index is 12.8. The zero-order valence-corrected chi connectivity index (χ0v) is 17.5. The summed E-state index contributed by atoms with van der Waals surface area (Å²) in [7, 11) is 1.71. The van der Waals surface area contributed by atoms with E-state index in [-0.39, 0.29) is 11.3 Å². The standard InChI is InChI=1S/C20H18N2O4S2/c1-9-11(3)28-18-16(9)19(25)22(4)20(21-18)27-8-12-7-15(24)26-17-10(2)14(23)6-5-13(12)17/h5-7,23H,8H2,1-4H3. The highest BCUT2D eigenvalue weighted by molar-refractivity contribution is 7.98. The molecule has 0 atom stereocenters. The Balaban J connectivity index is 1.78. The molecule has 4 rings (SSSR count). The van der Waals surface area contributed by atoms with E-state index in [0.717, 1.165) is 26.2 Å². The number of fused-ring (bicyclic) bond motifs is 2. The van der Waals surface area contributed by atoms with Crippen molar-refractivity contribution in [3.05, 3.63) is 60.5 Å². The van der Waals surface area contributed by atoms with E-state index in [9.17, 15) is 14.7 Å². The van der Waals surface area contributed by atoms with Gasteiger partial charge in [-0.3, -0.25) is 9.36 Å². The second-order valence-corrected chi connectivity index (χ2v) is 8.83. The lowest BCUT2D eigenvalue weighted by molar-refractivity contribution is 0.468. The lowest BCUT2D eigenvalue weighted by atomic mass is 10.1. The Morgan fingerprint density at radius 1 is 1.21 bits per heavy atom. The van der Waals surface area contributed by atoms with Gasteiger partial charge in [0.1, 0.15) is 16.2 Å². The zero-order valence-electron chi connectivity index (χ0n) is 15.8. The van der Waals surface area contributed by atoms with Gasteiger partial charge in [-0.1, -0.05) is 11.8 Å². The Kier molecular flexibility index (Phi) is 4.55. The van der Waals surface area contributed by atoms with Gasteiger partial charge in [-0.05, 0) is 44.0 Å². The molecule has 0 radical (unpaired) electrons. The second-order valence-electron chi connectivity index (χ2n) is 6.69. The topological polar surface area (TPSA) is 85.3 Å². The van der Waals surface area contributed by atoms with Crippen LogP contribution in [0, 0.1) is 20.8 Å². The van der Waals surface area contributed by atoms with E-state index in [4.69, 9.17) is 4.42 Å². The molecule has 0 aliphatic rings. The van der Waals surface area contributed by atoms with Crippen molar-refractivity contribution in [2.24, 2.45) is 7.05 Å². The number of hydrogen-bond acceptors (Lipinski definition) is 7. The van der Waals surface area contributed by atoms with Gasteiger partial charge < -0.3 is 9.52 Å². The van der Waals surface area contributed by atoms with Gasteiger partial charge in [-0.2, -0.15) is 0 Å². The van der Waals surface area contributed by atoms with Crippen LogP contribution < -0.4 is 11.2 Å². The second kappa shape index (κ2) is 6.79. The molecule has 0 aliphatic carbocycles. The fourth-order valence-electron chi connectivity index (χ4n) is 3.16. The van der Waals surface area contributed by atoms with Gasteiger partial charge in [0, 0.05) is 34.7 Å². The molecule has 1 N–H and O–H groups in total. The maximum Gasteiger partial charge on any atom is 0.336 e. The Hall–Kier alpha value is -2.58. The molecule has 0 bridgehead atoms. The first-order valence-corrected chi connectivity index (χ1v) is 10.4. The van der Waals surface area contributed by atoms with Crippen molar-refractivity contribution in [2.75, 3.05) is 0 Å². The highest BCUT2D eigenvalue weighted by Gasteiger charge is 2.16. The van der Waals surface area contributed by atoms with E-state index >= 15 is 0 Å². The molecule has 0 aliphatic heterocycles. The molecule has 8 heteroatoms. The summed E-state index contributed by atoms with van der Waals surface area (Å²) in [5, 5.41) is 11.9. The highest BCUT2D eigenvalue weighted by atomic mass is 32.2. The summed E-state index contributed by atoms with van der Waals surface area (Å²) >= 11 is 2.91. The number of nitrogens with zero attached hydrogens (tertiary/aromatic N) is 2. The van der Waals surface area contributed by atoms with E-state index < -0.39 is 5.63 Å². The average molecular weight is 415 g/mol. The van der Waals surface area contributed by atoms with Crippen molar-refractivity contribution in [1.82, 2.24) is 9.55 Å². The minimum absolute atomic E-state index is 0.0625. The van der Waals surface area contributed by atoms with Crippen molar-refractivity contribution < 1.29 is 9.52 Å². The summed E-state index contributed by atoms with van der Waals surface area (Å²) in [6, 6.07) is 4.77. The lowest BCUT2D eigenvalue weighted by Gasteiger charge is -2.10. The number of hydrogen-bond donors (Lipinski definition) is 1. The van der Waals surface area contributed by atoms with Crippen LogP contribution in [0.1, 0.15) is 21.6 Å². The molecule has 144 valence electrons. The predicted octanol–water partition coefficient (Wildman–Crippen LogP) is 4.02. The van der Waals surface area contributed by atoms with E-state index in [0.29, 0.717) is 27.4 Å². The Morgan fingerprint density at radius 3 is 2.71 bits per heavy atom. The lowest BCUT2D eigenvalue weighted by Crippen LogP contribution is -2.19. The third-order valence-electron chi connectivity index (χ3n) is 4.94. The normalized spacial score (nSPS) is 11.6. The molecule has 3 aromatic heterocycles. The van der Waals surface area contributed by atoms with Gasteiger partial charge in [0.15, 0.2) is 5.16 Å². The van der Waals surface area contributed by atoms with Gasteiger partial charge >= 0.3 is 5.63 Å². The number of thiophene rings is 1. The van der Waals surface area contributed by atoms with Crippen LogP contribution in [0.3, 0.4) is 0 Å². The van der Waals surface area contributed by atoms with Crippen LogP contribution in [-0.2, 0) is 12.8 Å². The van der Waals surface area contributed by atoms with E-state index in [1.54, 1.807) is 30.7 Å². The van der Waals surface area contributed by atoms with Gasteiger partial charge in [0.2, 0.25) is 0 Å². The number of aromatic nitrogens is 2. The van der Waals surface area contributed by atoms with Crippen molar-refractivity contribution in [2.45, 2.75) is 31.7 Å². The smallest absolute Gasteiger partial charge is 0.336 e.